The minimum absolute atomic E-state index is 0. The van der Waals surface area contributed by atoms with Gasteiger partial charge < -0.3 is 15.4 Å². The van der Waals surface area contributed by atoms with Gasteiger partial charge in [0.1, 0.15) is 12.4 Å². The summed E-state index contributed by atoms with van der Waals surface area (Å²) in [6, 6.07) is 15.4. The van der Waals surface area contributed by atoms with Crippen molar-refractivity contribution < 1.29 is 13.2 Å². The molecule has 166 valence electrons. The molecule has 9 heteroatoms. The summed E-state index contributed by atoms with van der Waals surface area (Å²) in [5.41, 5.74) is 2.95. The lowest BCUT2D eigenvalue weighted by Crippen LogP contribution is -2.39. The van der Waals surface area contributed by atoms with E-state index in [2.05, 4.69) is 20.3 Å². The zero-order chi connectivity index (χ0) is 21.1. The number of nitrogens with one attached hydrogen (secondary N) is 3. The van der Waals surface area contributed by atoms with E-state index in [0.29, 0.717) is 25.7 Å². The fraction of sp³-hybridized carbons (Fsp3) is 0.381. The van der Waals surface area contributed by atoms with Crippen LogP contribution in [0.3, 0.4) is 0 Å². The Hall–Kier alpha value is -1.85. The van der Waals surface area contributed by atoms with E-state index < -0.39 is 10.0 Å². The number of aryl methyl sites for hydroxylation is 1. The number of ether oxygens (including phenoxy) is 1. The highest BCUT2D eigenvalue weighted by Gasteiger charge is 2.08. The van der Waals surface area contributed by atoms with Crippen LogP contribution in [0.15, 0.2) is 53.5 Å². The van der Waals surface area contributed by atoms with Gasteiger partial charge in [-0.15, -0.1) is 24.0 Å². The Labute approximate surface area is 196 Å². The normalized spacial score (nSPS) is 11.5. The van der Waals surface area contributed by atoms with Crippen molar-refractivity contribution in [1.82, 2.24) is 15.4 Å². The first-order chi connectivity index (χ1) is 13.9. The van der Waals surface area contributed by atoms with Crippen LogP contribution < -0.4 is 20.1 Å². The molecule has 0 bridgehead atoms. The smallest absolute Gasteiger partial charge is 0.215 e. The molecular weight excluding hydrogens is 515 g/mol. The number of hydrogen-bond acceptors (Lipinski definition) is 4. The Balaban J connectivity index is 0.00000450. The summed E-state index contributed by atoms with van der Waals surface area (Å²) in [5, 5.41) is 6.45. The molecule has 0 aliphatic carbocycles. The molecule has 0 amide bonds. The Bertz CT molecular complexity index is 885. The molecule has 0 saturated carbocycles. The fourth-order valence-corrected chi connectivity index (χ4v) is 3.29. The van der Waals surface area contributed by atoms with Crippen LogP contribution in [0.25, 0.3) is 0 Å². The van der Waals surface area contributed by atoms with Gasteiger partial charge in [-0.25, -0.2) is 18.1 Å². The van der Waals surface area contributed by atoms with E-state index in [-0.39, 0.29) is 29.7 Å². The van der Waals surface area contributed by atoms with Gasteiger partial charge in [0.05, 0.1) is 18.8 Å². The van der Waals surface area contributed by atoms with Crippen LogP contribution in [0.2, 0.25) is 0 Å². The standard InChI is InChI=1S/C21H30N4O3S.HI/c1-4-23-21(24-13-14-28-20-11-5-17(2)6-12-20)25-15-18-7-9-19(10-8-18)16-29(26,27)22-3;/h5-12,22H,4,13-16H2,1-3H3,(H2,23,24,25);1H. The van der Waals surface area contributed by atoms with E-state index in [9.17, 15) is 8.42 Å². The van der Waals surface area contributed by atoms with Gasteiger partial charge in [-0.05, 0) is 44.2 Å². The van der Waals surface area contributed by atoms with Gasteiger partial charge >= 0.3 is 0 Å². The molecule has 0 atom stereocenters. The molecule has 0 aliphatic heterocycles. The van der Waals surface area contributed by atoms with Crippen molar-refractivity contribution in [3.63, 3.8) is 0 Å². The maximum Gasteiger partial charge on any atom is 0.215 e. The van der Waals surface area contributed by atoms with Gasteiger partial charge in [-0.1, -0.05) is 42.0 Å². The molecule has 0 fully saturated rings. The molecule has 2 aromatic rings. The van der Waals surface area contributed by atoms with E-state index in [1.54, 1.807) is 0 Å². The number of benzene rings is 2. The Morgan fingerprint density at radius 3 is 2.23 bits per heavy atom. The summed E-state index contributed by atoms with van der Waals surface area (Å²) in [4.78, 5) is 4.57. The number of sulfonamides is 1. The maximum absolute atomic E-state index is 11.6. The molecule has 0 radical (unpaired) electrons. The van der Waals surface area contributed by atoms with Crippen molar-refractivity contribution in [2.75, 3.05) is 26.7 Å². The van der Waals surface area contributed by atoms with Gasteiger partial charge in [0.2, 0.25) is 10.0 Å². The molecular formula is C21H31IN4O3S. The molecule has 2 aromatic carbocycles. The van der Waals surface area contributed by atoms with Crippen molar-refractivity contribution >= 4 is 40.0 Å². The highest BCUT2D eigenvalue weighted by molar-refractivity contribution is 14.0. The summed E-state index contributed by atoms with van der Waals surface area (Å²) in [6.07, 6.45) is 0. The molecule has 3 N–H and O–H groups in total. The molecule has 0 spiro atoms. The van der Waals surface area contributed by atoms with Crippen molar-refractivity contribution in [3.05, 3.63) is 65.2 Å². The quantitative estimate of drug-likeness (QED) is 0.185. The van der Waals surface area contributed by atoms with Gasteiger partial charge in [-0.3, -0.25) is 0 Å². The second-order valence-electron chi connectivity index (χ2n) is 6.56. The molecule has 0 saturated heterocycles. The second kappa shape index (κ2) is 13.5. The highest BCUT2D eigenvalue weighted by Crippen LogP contribution is 2.11. The Morgan fingerprint density at radius 2 is 1.63 bits per heavy atom. The van der Waals surface area contributed by atoms with Crippen molar-refractivity contribution in [2.24, 2.45) is 4.99 Å². The third kappa shape index (κ3) is 9.77. The Morgan fingerprint density at radius 1 is 1.00 bits per heavy atom. The van der Waals surface area contributed by atoms with E-state index in [1.807, 2.05) is 62.4 Å². The molecule has 2 rings (SSSR count). The van der Waals surface area contributed by atoms with Gasteiger partial charge in [0.15, 0.2) is 5.96 Å². The minimum Gasteiger partial charge on any atom is -0.492 e. The summed E-state index contributed by atoms with van der Waals surface area (Å²) in [7, 11) is -1.85. The van der Waals surface area contributed by atoms with Crippen LogP contribution in [0.5, 0.6) is 5.75 Å². The summed E-state index contributed by atoms with van der Waals surface area (Å²) in [6.45, 7) is 6.46. The SMILES string of the molecule is CCNC(=NCc1ccc(CS(=O)(=O)NC)cc1)NCCOc1ccc(C)cc1.I. The number of aliphatic imine (C=N–C) groups is 1. The first kappa shape index (κ1) is 26.2. The lowest BCUT2D eigenvalue weighted by atomic mass is 10.1. The zero-order valence-corrected chi connectivity index (χ0v) is 20.8. The van der Waals surface area contributed by atoms with Gasteiger partial charge in [-0.2, -0.15) is 0 Å². The van der Waals surface area contributed by atoms with E-state index in [1.165, 1.54) is 12.6 Å². The van der Waals surface area contributed by atoms with Crippen LogP contribution in [-0.4, -0.2) is 41.1 Å². The lowest BCUT2D eigenvalue weighted by molar-refractivity contribution is 0.322. The van der Waals surface area contributed by atoms with Crippen LogP contribution in [-0.2, 0) is 22.3 Å². The topological polar surface area (TPSA) is 91.8 Å². The summed E-state index contributed by atoms with van der Waals surface area (Å²) >= 11 is 0. The second-order valence-corrected chi connectivity index (χ2v) is 8.49. The molecule has 0 aromatic heterocycles. The number of nitrogens with zero attached hydrogens (tertiary/aromatic N) is 1. The van der Waals surface area contributed by atoms with Crippen LogP contribution >= 0.6 is 24.0 Å². The van der Waals surface area contributed by atoms with E-state index in [4.69, 9.17) is 4.74 Å². The molecule has 0 aliphatic rings. The number of rotatable bonds is 10. The summed E-state index contributed by atoms with van der Waals surface area (Å²) < 4.78 is 31.3. The number of halogens is 1. The number of hydrogen-bond donors (Lipinski definition) is 3. The van der Waals surface area contributed by atoms with Crippen LogP contribution in [0.4, 0.5) is 0 Å². The predicted molar refractivity (Wildman–Crippen MR) is 133 cm³/mol. The van der Waals surface area contributed by atoms with E-state index in [0.717, 1.165) is 23.4 Å². The molecule has 0 heterocycles. The van der Waals surface area contributed by atoms with E-state index >= 15 is 0 Å². The molecule has 7 nitrogen and oxygen atoms in total. The van der Waals surface area contributed by atoms with Gasteiger partial charge in [0.25, 0.3) is 0 Å². The highest BCUT2D eigenvalue weighted by atomic mass is 127. The number of guanidine groups is 1. The van der Waals surface area contributed by atoms with Crippen LogP contribution in [0.1, 0.15) is 23.6 Å². The first-order valence-electron chi connectivity index (χ1n) is 9.62. The fourth-order valence-electron chi connectivity index (χ4n) is 2.52. The van der Waals surface area contributed by atoms with Crippen LogP contribution in [0, 0.1) is 6.92 Å². The largest absolute Gasteiger partial charge is 0.492 e. The predicted octanol–water partition coefficient (Wildman–Crippen LogP) is 2.80. The van der Waals surface area contributed by atoms with Crippen molar-refractivity contribution in [3.8, 4) is 5.75 Å². The molecule has 0 unspecified atom stereocenters. The summed E-state index contributed by atoms with van der Waals surface area (Å²) in [5.74, 6) is 1.53. The minimum atomic E-state index is -3.26. The zero-order valence-electron chi connectivity index (χ0n) is 17.6. The van der Waals surface area contributed by atoms with Gasteiger partial charge in [0, 0.05) is 6.54 Å². The third-order valence-electron chi connectivity index (χ3n) is 4.14. The Kier molecular flexibility index (Phi) is 11.7. The van der Waals surface area contributed by atoms with Crippen molar-refractivity contribution in [1.29, 1.82) is 0 Å². The monoisotopic (exact) mass is 546 g/mol. The first-order valence-corrected chi connectivity index (χ1v) is 11.3. The lowest BCUT2D eigenvalue weighted by Gasteiger charge is -2.12. The third-order valence-corrected chi connectivity index (χ3v) is 5.47. The molecule has 30 heavy (non-hydrogen) atoms. The average Bonchev–Trinajstić information content (AvgIpc) is 2.71. The average molecular weight is 546 g/mol. The maximum atomic E-state index is 11.6. The van der Waals surface area contributed by atoms with Crippen molar-refractivity contribution in [2.45, 2.75) is 26.1 Å².